The second kappa shape index (κ2) is 3.98. The summed E-state index contributed by atoms with van der Waals surface area (Å²) in [7, 11) is 1.75. The number of methoxy groups -OCH3 is 1. The standard InChI is InChI=1S/C13H18N2O/c1-16-13-5-3-2-4-12(13)15-9-10-6-11(15)8-14-7-10/h2-5,10-11,14H,6-9H2,1H3/t10-,11+/m0/s1. The van der Waals surface area contributed by atoms with E-state index in [1.165, 1.54) is 18.7 Å². The van der Waals surface area contributed by atoms with E-state index < -0.39 is 0 Å². The number of hydrogen-bond acceptors (Lipinski definition) is 3. The fourth-order valence-electron chi connectivity index (χ4n) is 2.97. The van der Waals surface area contributed by atoms with Crippen LogP contribution in [0.15, 0.2) is 24.3 Å². The van der Waals surface area contributed by atoms with Crippen molar-refractivity contribution >= 4 is 5.69 Å². The van der Waals surface area contributed by atoms with Crippen LogP contribution in [0.1, 0.15) is 6.42 Å². The van der Waals surface area contributed by atoms with Gasteiger partial charge in [-0.3, -0.25) is 0 Å². The number of fused-ring (bicyclic) bond motifs is 2. The largest absolute Gasteiger partial charge is 0.495 e. The van der Waals surface area contributed by atoms with E-state index in [4.69, 9.17) is 4.74 Å². The number of nitrogens with zero attached hydrogens (tertiary/aromatic N) is 1. The van der Waals surface area contributed by atoms with Crippen molar-refractivity contribution in [3.05, 3.63) is 24.3 Å². The molecule has 1 aromatic rings. The Hall–Kier alpha value is -1.22. The van der Waals surface area contributed by atoms with Crippen LogP contribution in [0.3, 0.4) is 0 Å². The highest BCUT2D eigenvalue weighted by Gasteiger charge is 2.35. The quantitative estimate of drug-likeness (QED) is 0.814. The van der Waals surface area contributed by atoms with Crippen molar-refractivity contribution in [2.45, 2.75) is 12.5 Å². The molecule has 86 valence electrons. The average Bonchev–Trinajstić information content (AvgIpc) is 2.64. The second-order valence-corrected chi connectivity index (χ2v) is 4.74. The minimum Gasteiger partial charge on any atom is -0.495 e. The molecule has 2 heterocycles. The highest BCUT2D eigenvalue weighted by Crippen LogP contribution is 2.36. The van der Waals surface area contributed by atoms with Gasteiger partial charge in [0.1, 0.15) is 5.75 Å². The van der Waals surface area contributed by atoms with Crippen LogP contribution in [0.25, 0.3) is 0 Å². The van der Waals surface area contributed by atoms with Crippen molar-refractivity contribution in [2.75, 3.05) is 31.6 Å². The summed E-state index contributed by atoms with van der Waals surface area (Å²) in [5.74, 6) is 1.80. The zero-order valence-corrected chi connectivity index (χ0v) is 9.65. The first-order chi connectivity index (χ1) is 7.88. The summed E-state index contributed by atoms with van der Waals surface area (Å²) in [5.41, 5.74) is 1.25. The van der Waals surface area contributed by atoms with E-state index in [9.17, 15) is 0 Å². The summed E-state index contributed by atoms with van der Waals surface area (Å²) < 4.78 is 5.44. The number of piperidine rings is 1. The molecule has 2 saturated heterocycles. The molecule has 3 heteroatoms. The van der Waals surface area contributed by atoms with Crippen molar-refractivity contribution < 1.29 is 4.74 Å². The molecular weight excluding hydrogens is 200 g/mol. The lowest BCUT2D eigenvalue weighted by molar-refractivity contribution is 0.412. The maximum absolute atomic E-state index is 5.44. The molecule has 0 radical (unpaired) electrons. The minimum absolute atomic E-state index is 0.648. The molecule has 3 rings (SSSR count). The van der Waals surface area contributed by atoms with E-state index in [-0.39, 0.29) is 0 Å². The van der Waals surface area contributed by atoms with Crippen LogP contribution in [0, 0.1) is 5.92 Å². The summed E-state index contributed by atoms with van der Waals surface area (Å²) in [4.78, 5) is 2.50. The Kier molecular flexibility index (Phi) is 2.48. The van der Waals surface area contributed by atoms with Gasteiger partial charge in [0, 0.05) is 19.1 Å². The molecule has 2 atom stereocenters. The van der Waals surface area contributed by atoms with Crippen LogP contribution < -0.4 is 15.0 Å². The maximum Gasteiger partial charge on any atom is 0.142 e. The Labute approximate surface area is 96.4 Å². The SMILES string of the molecule is COc1ccccc1N1C[C@@H]2CNC[C@H]1C2. The molecule has 2 bridgehead atoms. The van der Waals surface area contributed by atoms with E-state index in [0.717, 1.165) is 24.8 Å². The molecule has 2 fully saturated rings. The lowest BCUT2D eigenvalue weighted by atomic mass is 10.0. The average molecular weight is 218 g/mol. The van der Waals surface area contributed by atoms with Crippen LogP contribution in [0.4, 0.5) is 5.69 Å². The first-order valence-electron chi connectivity index (χ1n) is 5.99. The molecule has 0 aliphatic carbocycles. The van der Waals surface area contributed by atoms with Gasteiger partial charge < -0.3 is 15.0 Å². The van der Waals surface area contributed by atoms with Crippen LogP contribution in [0.2, 0.25) is 0 Å². The van der Waals surface area contributed by atoms with Gasteiger partial charge in [0.15, 0.2) is 0 Å². The molecule has 3 nitrogen and oxygen atoms in total. The van der Waals surface area contributed by atoms with Gasteiger partial charge in [-0.05, 0) is 31.0 Å². The molecule has 0 spiro atoms. The molecule has 0 aromatic heterocycles. The number of ether oxygens (including phenoxy) is 1. The third-order valence-electron chi connectivity index (χ3n) is 3.71. The van der Waals surface area contributed by atoms with E-state index in [0.29, 0.717) is 6.04 Å². The highest BCUT2D eigenvalue weighted by molar-refractivity contribution is 5.60. The van der Waals surface area contributed by atoms with Gasteiger partial charge in [-0.25, -0.2) is 0 Å². The third kappa shape index (κ3) is 1.55. The first-order valence-corrected chi connectivity index (χ1v) is 5.99. The maximum atomic E-state index is 5.44. The predicted octanol–water partition coefficient (Wildman–Crippen LogP) is 1.49. The highest BCUT2D eigenvalue weighted by atomic mass is 16.5. The van der Waals surface area contributed by atoms with Crippen molar-refractivity contribution in [2.24, 2.45) is 5.92 Å². The number of anilines is 1. The number of rotatable bonds is 2. The Bertz CT molecular complexity index is 380. The second-order valence-electron chi connectivity index (χ2n) is 4.74. The molecule has 0 amide bonds. The molecule has 1 N–H and O–H groups in total. The van der Waals surface area contributed by atoms with Crippen LogP contribution in [-0.2, 0) is 0 Å². The van der Waals surface area contributed by atoms with Crippen molar-refractivity contribution in [3.63, 3.8) is 0 Å². The van der Waals surface area contributed by atoms with E-state index in [1.807, 2.05) is 12.1 Å². The molecule has 1 aromatic carbocycles. The van der Waals surface area contributed by atoms with Crippen LogP contribution in [0.5, 0.6) is 5.75 Å². The summed E-state index contributed by atoms with van der Waals surface area (Å²) in [5, 5.41) is 3.50. The van der Waals surface area contributed by atoms with E-state index in [2.05, 4.69) is 22.3 Å². The Balaban J connectivity index is 1.91. The van der Waals surface area contributed by atoms with Gasteiger partial charge in [0.2, 0.25) is 0 Å². The Morgan fingerprint density at radius 1 is 1.31 bits per heavy atom. The molecule has 0 unspecified atom stereocenters. The third-order valence-corrected chi connectivity index (χ3v) is 3.71. The Morgan fingerprint density at radius 3 is 3.00 bits per heavy atom. The van der Waals surface area contributed by atoms with Crippen LogP contribution >= 0.6 is 0 Å². The predicted molar refractivity (Wildman–Crippen MR) is 65.1 cm³/mol. The number of benzene rings is 1. The molecule has 16 heavy (non-hydrogen) atoms. The van der Waals surface area contributed by atoms with Gasteiger partial charge >= 0.3 is 0 Å². The smallest absolute Gasteiger partial charge is 0.142 e. The monoisotopic (exact) mass is 218 g/mol. The zero-order valence-electron chi connectivity index (χ0n) is 9.65. The van der Waals surface area contributed by atoms with Gasteiger partial charge in [-0.1, -0.05) is 12.1 Å². The summed E-state index contributed by atoms with van der Waals surface area (Å²) in [6.07, 6.45) is 1.32. The Morgan fingerprint density at radius 2 is 2.19 bits per heavy atom. The summed E-state index contributed by atoms with van der Waals surface area (Å²) in [6.45, 7) is 3.44. The molecule has 0 saturated carbocycles. The minimum atomic E-state index is 0.648. The van der Waals surface area contributed by atoms with Crippen molar-refractivity contribution in [3.8, 4) is 5.75 Å². The fourth-order valence-corrected chi connectivity index (χ4v) is 2.97. The first kappa shape index (κ1) is 9.97. The summed E-state index contributed by atoms with van der Waals surface area (Å²) in [6, 6.07) is 8.98. The van der Waals surface area contributed by atoms with Crippen molar-refractivity contribution in [1.29, 1.82) is 0 Å². The van der Waals surface area contributed by atoms with Gasteiger partial charge in [-0.15, -0.1) is 0 Å². The normalized spacial score (nSPS) is 28.2. The molecule has 2 aliphatic heterocycles. The molecular formula is C13H18N2O. The zero-order chi connectivity index (χ0) is 11.0. The van der Waals surface area contributed by atoms with E-state index in [1.54, 1.807) is 7.11 Å². The number of nitrogens with one attached hydrogen (secondary N) is 1. The topological polar surface area (TPSA) is 24.5 Å². The number of hydrogen-bond donors (Lipinski definition) is 1. The van der Waals surface area contributed by atoms with Gasteiger partial charge in [0.05, 0.1) is 12.8 Å². The van der Waals surface area contributed by atoms with Crippen molar-refractivity contribution in [1.82, 2.24) is 5.32 Å². The van der Waals surface area contributed by atoms with Gasteiger partial charge in [-0.2, -0.15) is 0 Å². The van der Waals surface area contributed by atoms with E-state index >= 15 is 0 Å². The summed E-state index contributed by atoms with van der Waals surface area (Å²) >= 11 is 0. The lowest BCUT2D eigenvalue weighted by Gasteiger charge is -2.28. The fraction of sp³-hybridized carbons (Fsp3) is 0.538. The lowest BCUT2D eigenvalue weighted by Crippen LogP contribution is -2.39. The van der Waals surface area contributed by atoms with Crippen LogP contribution in [-0.4, -0.2) is 32.8 Å². The molecule has 2 aliphatic rings. The number of para-hydroxylation sites is 2. The van der Waals surface area contributed by atoms with Gasteiger partial charge in [0.25, 0.3) is 0 Å².